The second-order valence-corrected chi connectivity index (χ2v) is 7.98. The Bertz CT molecular complexity index is 673. The van der Waals surface area contributed by atoms with Gasteiger partial charge in [0.15, 0.2) is 0 Å². The second kappa shape index (κ2) is 10.3. The lowest BCUT2D eigenvalue weighted by molar-refractivity contribution is 0.192. The minimum atomic E-state index is -0.204. The van der Waals surface area contributed by atoms with Crippen molar-refractivity contribution in [3.63, 3.8) is 0 Å². The number of anilines is 1. The molecular formula is C22H36FN5O. The average molecular weight is 406 g/mol. The van der Waals surface area contributed by atoms with Crippen LogP contribution in [0, 0.1) is 5.82 Å². The van der Waals surface area contributed by atoms with Gasteiger partial charge in [-0.3, -0.25) is 4.90 Å². The van der Waals surface area contributed by atoms with Gasteiger partial charge in [0.2, 0.25) is 0 Å². The standard InChI is InChI=1S/C22H36FN5O/c1-4-25-11-13-27(14-12-25)21-8-7-18(15-20(21)23)16-24-22(29)28-10-9-19(17-28)26(5-2)6-3/h7-8,15,19H,4-6,9-14,16-17H2,1-3H3,(H,24,29). The summed E-state index contributed by atoms with van der Waals surface area (Å²) in [6.07, 6.45) is 1.02. The Morgan fingerprint density at radius 2 is 1.86 bits per heavy atom. The zero-order valence-corrected chi connectivity index (χ0v) is 18.2. The van der Waals surface area contributed by atoms with E-state index in [1.807, 2.05) is 17.0 Å². The highest BCUT2D eigenvalue weighted by molar-refractivity contribution is 5.74. The van der Waals surface area contributed by atoms with Gasteiger partial charge in [-0.15, -0.1) is 0 Å². The summed E-state index contributed by atoms with van der Waals surface area (Å²) in [5.74, 6) is -0.204. The summed E-state index contributed by atoms with van der Waals surface area (Å²) in [5, 5.41) is 2.96. The molecule has 162 valence electrons. The van der Waals surface area contributed by atoms with Gasteiger partial charge in [-0.25, -0.2) is 9.18 Å². The fourth-order valence-corrected chi connectivity index (χ4v) is 4.48. The van der Waals surface area contributed by atoms with Gasteiger partial charge >= 0.3 is 6.03 Å². The maximum absolute atomic E-state index is 14.7. The van der Waals surface area contributed by atoms with Crippen LogP contribution in [0.5, 0.6) is 0 Å². The minimum absolute atomic E-state index is 0.0557. The van der Waals surface area contributed by atoms with Gasteiger partial charge in [0.1, 0.15) is 5.82 Å². The molecule has 1 atom stereocenters. The normalized spacial score (nSPS) is 20.5. The first kappa shape index (κ1) is 21.8. The first-order valence-corrected chi connectivity index (χ1v) is 11.1. The molecule has 1 aromatic carbocycles. The van der Waals surface area contributed by atoms with Crippen molar-refractivity contribution in [2.75, 3.05) is 63.8 Å². The summed E-state index contributed by atoms with van der Waals surface area (Å²) < 4.78 is 14.7. The van der Waals surface area contributed by atoms with Crippen molar-refractivity contribution in [3.05, 3.63) is 29.6 Å². The van der Waals surface area contributed by atoms with E-state index in [0.29, 0.717) is 18.3 Å². The Labute approximate surface area is 174 Å². The van der Waals surface area contributed by atoms with E-state index < -0.39 is 0 Å². The number of amides is 2. The number of urea groups is 1. The molecular weight excluding hydrogens is 369 g/mol. The van der Waals surface area contributed by atoms with Crippen LogP contribution in [0.3, 0.4) is 0 Å². The molecule has 2 heterocycles. The number of rotatable bonds is 7. The molecule has 7 heteroatoms. The van der Waals surface area contributed by atoms with Crippen molar-refractivity contribution in [2.45, 2.75) is 39.8 Å². The van der Waals surface area contributed by atoms with Crippen molar-refractivity contribution >= 4 is 11.7 Å². The van der Waals surface area contributed by atoms with Crippen molar-refractivity contribution in [2.24, 2.45) is 0 Å². The number of likely N-dealkylation sites (tertiary alicyclic amines) is 1. The average Bonchev–Trinajstić information content (AvgIpc) is 3.23. The highest BCUT2D eigenvalue weighted by Gasteiger charge is 2.29. The summed E-state index contributed by atoms with van der Waals surface area (Å²) >= 11 is 0. The van der Waals surface area contributed by atoms with Crippen LogP contribution in [0.4, 0.5) is 14.9 Å². The van der Waals surface area contributed by atoms with Crippen LogP contribution in [-0.2, 0) is 6.54 Å². The van der Waals surface area contributed by atoms with Crippen LogP contribution in [-0.4, -0.2) is 85.7 Å². The van der Waals surface area contributed by atoms with E-state index in [9.17, 15) is 9.18 Å². The molecule has 0 aliphatic carbocycles. The molecule has 29 heavy (non-hydrogen) atoms. The predicted octanol–water partition coefficient (Wildman–Crippen LogP) is 2.59. The van der Waals surface area contributed by atoms with Crippen LogP contribution in [0.2, 0.25) is 0 Å². The molecule has 2 fully saturated rings. The lowest BCUT2D eigenvalue weighted by atomic mass is 10.1. The van der Waals surface area contributed by atoms with Crippen LogP contribution < -0.4 is 10.2 Å². The topological polar surface area (TPSA) is 42.1 Å². The van der Waals surface area contributed by atoms with E-state index >= 15 is 0 Å². The van der Waals surface area contributed by atoms with E-state index in [2.05, 4.69) is 40.8 Å². The Morgan fingerprint density at radius 1 is 1.14 bits per heavy atom. The summed E-state index contributed by atoms with van der Waals surface area (Å²) in [4.78, 5) is 21.3. The Hall–Kier alpha value is -1.86. The third-order valence-corrected chi connectivity index (χ3v) is 6.40. The number of carbonyl (C=O) groups excluding carboxylic acids is 1. The zero-order chi connectivity index (χ0) is 20.8. The van der Waals surface area contributed by atoms with Crippen molar-refractivity contribution in [1.29, 1.82) is 0 Å². The van der Waals surface area contributed by atoms with E-state index in [0.717, 1.165) is 70.9 Å². The van der Waals surface area contributed by atoms with E-state index in [1.54, 1.807) is 6.07 Å². The number of hydrogen-bond donors (Lipinski definition) is 1. The molecule has 2 amide bonds. The minimum Gasteiger partial charge on any atom is -0.367 e. The van der Waals surface area contributed by atoms with Crippen LogP contribution in [0.1, 0.15) is 32.8 Å². The van der Waals surface area contributed by atoms with Crippen molar-refractivity contribution in [3.8, 4) is 0 Å². The molecule has 1 N–H and O–H groups in total. The molecule has 6 nitrogen and oxygen atoms in total. The van der Waals surface area contributed by atoms with Gasteiger partial charge < -0.3 is 20.0 Å². The number of hydrogen-bond acceptors (Lipinski definition) is 4. The molecule has 2 aliphatic heterocycles. The molecule has 2 saturated heterocycles. The maximum Gasteiger partial charge on any atom is 0.317 e. The third-order valence-electron chi connectivity index (χ3n) is 6.40. The fraction of sp³-hybridized carbons (Fsp3) is 0.682. The predicted molar refractivity (Wildman–Crippen MR) is 116 cm³/mol. The van der Waals surface area contributed by atoms with E-state index in [4.69, 9.17) is 0 Å². The number of nitrogens with zero attached hydrogens (tertiary/aromatic N) is 4. The van der Waals surface area contributed by atoms with Gasteiger partial charge in [0.25, 0.3) is 0 Å². The summed E-state index contributed by atoms with van der Waals surface area (Å²) in [7, 11) is 0. The largest absolute Gasteiger partial charge is 0.367 e. The fourth-order valence-electron chi connectivity index (χ4n) is 4.48. The lowest BCUT2D eigenvalue weighted by Crippen LogP contribution is -2.46. The van der Waals surface area contributed by atoms with Crippen LogP contribution in [0.15, 0.2) is 18.2 Å². The molecule has 0 bridgehead atoms. The second-order valence-electron chi connectivity index (χ2n) is 7.98. The Balaban J connectivity index is 1.50. The van der Waals surface area contributed by atoms with Crippen LogP contribution >= 0.6 is 0 Å². The SMILES string of the molecule is CCN1CCN(c2ccc(CNC(=O)N3CCC(N(CC)CC)C3)cc2F)CC1. The van der Waals surface area contributed by atoms with E-state index in [1.165, 1.54) is 0 Å². The zero-order valence-electron chi connectivity index (χ0n) is 18.2. The van der Waals surface area contributed by atoms with Crippen molar-refractivity contribution < 1.29 is 9.18 Å². The number of carbonyl (C=O) groups is 1. The van der Waals surface area contributed by atoms with Gasteiger partial charge in [0, 0.05) is 51.9 Å². The molecule has 1 unspecified atom stereocenters. The lowest BCUT2D eigenvalue weighted by Gasteiger charge is -2.35. The molecule has 0 saturated carbocycles. The Kier molecular flexibility index (Phi) is 7.72. The summed E-state index contributed by atoms with van der Waals surface area (Å²) in [6, 6.07) is 5.73. The van der Waals surface area contributed by atoms with Crippen LogP contribution in [0.25, 0.3) is 0 Å². The smallest absolute Gasteiger partial charge is 0.317 e. The highest BCUT2D eigenvalue weighted by atomic mass is 19.1. The first-order chi connectivity index (χ1) is 14.0. The van der Waals surface area contributed by atoms with Gasteiger partial charge in [-0.1, -0.05) is 26.8 Å². The number of likely N-dealkylation sites (N-methyl/N-ethyl adjacent to an activating group) is 2. The molecule has 2 aliphatic rings. The number of benzene rings is 1. The quantitative estimate of drug-likeness (QED) is 0.757. The first-order valence-electron chi connectivity index (χ1n) is 11.1. The Morgan fingerprint density at radius 3 is 2.48 bits per heavy atom. The molecule has 0 radical (unpaired) electrons. The third kappa shape index (κ3) is 5.39. The molecule has 0 aromatic heterocycles. The van der Waals surface area contributed by atoms with E-state index in [-0.39, 0.29) is 11.8 Å². The highest BCUT2D eigenvalue weighted by Crippen LogP contribution is 2.22. The molecule has 3 rings (SSSR count). The molecule has 1 aromatic rings. The van der Waals surface area contributed by atoms with Crippen molar-refractivity contribution in [1.82, 2.24) is 20.0 Å². The van der Waals surface area contributed by atoms with Gasteiger partial charge in [0.05, 0.1) is 5.69 Å². The van der Waals surface area contributed by atoms with Gasteiger partial charge in [-0.05, 0) is 43.8 Å². The maximum atomic E-state index is 14.7. The summed E-state index contributed by atoms with van der Waals surface area (Å²) in [5.41, 5.74) is 1.46. The summed E-state index contributed by atoms with van der Waals surface area (Å²) in [6.45, 7) is 15.1. The number of nitrogens with one attached hydrogen (secondary N) is 1. The van der Waals surface area contributed by atoms with Gasteiger partial charge in [-0.2, -0.15) is 0 Å². The molecule has 0 spiro atoms. The number of piperazine rings is 1. The monoisotopic (exact) mass is 405 g/mol. The number of halogens is 1.